The Bertz CT molecular complexity index is 7910. The largest absolute Gasteiger partial charge is 0.0622 e. The van der Waals surface area contributed by atoms with Gasteiger partial charge in [0.2, 0.25) is 0 Å². The Balaban J connectivity index is 0.000000138. The van der Waals surface area contributed by atoms with Gasteiger partial charge in [-0.05, 0) is 284 Å². The predicted molar refractivity (Wildman–Crippen MR) is 507 cm³/mol. The lowest BCUT2D eigenvalue weighted by Crippen LogP contribution is -2.14. The molecule has 0 aromatic heterocycles. The van der Waals surface area contributed by atoms with E-state index in [1.165, 1.54) is 241 Å². The molecule has 0 N–H and O–H groups in total. The van der Waals surface area contributed by atoms with Gasteiger partial charge in [0.15, 0.2) is 0 Å². The normalized spacial score (nSPS) is 13.1. The van der Waals surface area contributed by atoms with Crippen LogP contribution in [0.4, 0.5) is 0 Å². The van der Waals surface area contributed by atoms with Gasteiger partial charge < -0.3 is 0 Å². The summed E-state index contributed by atoms with van der Waals surface area (Å²) in [5.74, 6) is 0. The number of benzene rings is 22. The third kappa shape index (κ3) is 10.8. The van der Waals surface area contributed by atoms with Crippen molar-refractivity contribution in [2.45, 2.75) is 38.5 Å². The topological polar surface area (TPSA) is 0 Å². The van der Waals surface area contributed by atoms with Crippen LogP contribution < -0.4 is 0 Å². The van der Waals surface area contributed by atoms with Gasteiger partial charge in [-0.3, -0.25) is 0 Å². The van der Waals surface area contributed by atoms with E-state index >= 15 is 0 Å². The molecular formula is C118H80. The van der Waals surface area contributed by atoms with Gasteiger partial charge in [-0.25, -0.2) is 0 Å². The third-order valence-electron chi connectivity index (χ3n) is 26.4. The zero-order valence-corrected chi connectivity index (χ0v) is 66.3. The first-order valence-corrected chi connectivity index (χ1v) is 41.5. The van der Waals surface area contributed by atoms with Gasteiger partial charge in [0.05, 0.1) is 0 Å². The number of fused-ring (bicyclic) bond motifs is 16. The molecule has 0 saturated heterocycles. The van der Waals surface area contributed by atoms with Crippen molar-refractivity contribution in [3.8, 4) is 111 Å². The lowest BCUT2D eigenvalue weighted by Gasteiger charge is -2.23. The molecule has 0 heterocycles. The fourth-order valence-electron chi connectivity index (χ4n) is 20.9. The first-order valence-electron chi connectivity index (χ1n) is 41.5. The van der Waals surface area contributed by atoms with E-state index in [1.54, 1.807) is 0 Å². The molecule has 22 aromatic rings. The molecule has 0 saturated carbocycles. The lowest BCUT2D eigenvalue weighted by atomic mass is 9.79. The highest BCUT2D eigenvalue weighted by molar-refractivity contribution is 6.31. The molecule has 2 aliphatic carbocycles. The second-order valence-electron chi connectivity index (χ2n) is 33.6. The summed E-state index contributed by atoms with van der Waals surface area (Å²) in [7, 11) is 0. The number of hydrogen-bond acceptors (Lipinski definition) is 0. The Hall–Kier alpha value is -14.6. The van der Waals surface area contributed by atoms with E-state index < -0.39 is 0 Å². The first-order chi connectivity index (χ1) is 58.1. The monoisotopic (exact) mass is 1500 g/mol. The minimum atomic E-state index is -0.0615. The lowest BCUT2D eigenvalue weighted by molar-refractivity contribution is 0.660. The highest BCUT2D eigenvalue weighted by atomic mass is 14.4. The van der Waals surface area contributed by atoms with Gasteiger partial charge in [-0.15, -0.1) is 0 Å². The molecular weight excluding hydrogens is 1420 g/mol. The summed E-state index contributed by atoms with van der Waals surface area (Å²) in [5, 5.41) is 25.2. The second-order valence-corrected chi connectivity index (χ2v) is 33.6. The van der Waals surface area contributed by atoms with Crippen molar-refractivity contribution in [2.24, 2.45) is 0 Å². The molecule has 0 spiro atoms. The summed E-state index contributed by atoms with van der Waals surface area (Å²) in [6.07, 6.45) is 0. The van der Waals surface area contributed by atoms with E-state index in [0.717, 1.165) is 0 Å². The number of hydrogen-bond donors (Lipinski definition) is 0. The minimum absolute atomic E-state index is 0.0493. The van der Waals surface area contributed by atoms with Crippen LogP contribution in [0.3, 0.4) is 0 Å². The molecule has 0 unspecified atom stereocenters. The Kier molecular flexibility index (Phi) is 15.8. The summed E-state index contributed by atoms with van der Waals surface area (Å²) >= 11 is 0. The summed E-state index contributed by atoms with van der Waals surface area (Å²) in [6, 6.07) is 154. The number of rotatable bonds is 8. The molecule has 22 aromatic carbocycles. The molecule has 552 valence electrons. The maximum Gasteiger partial charge on any atom is 0.0158 e. The summed E-state index contributed by atoms with van der Waals surface area (Å²) in [5.41, 5.74) is 30.9. The molecule has 2 aliphatic rings. The molecule has 0 fully saturated rings. The quantitative estimate of drug-likeness (QED) is 0.133. The fourth-order valence-corrected chi connectivity index (χ4v) is 20.9. The fraction of sp³-hybridized carbons (Fsp3) is 0.0508. The van der Waals surface area contributed by atoms with Crippen LogP contribution in [-0.2, 0) is 10.8 Å². The predicted octanol–water partition coefficient (Wildman–Crippen LogP) is 32.9. The third-order valence-corrected chi connectivity index (χ3v) is 26.4. The smallest absolute Gasteiger partial charge is 0.0158 e. The average Bonchev–Trinajstić information content (AvgIpc) is 0.776. The van der Waals surface area contributed by atoms with Gasteiger partial charge in [0.1, 0.15) is 0 Å². The Labute approximate surface area is 687 Å². The average molecular weight is 1500 g/mol. The molecule has 0 amide bonds. The highest BCUT2D eigenvalue weighted by Gasteiger charge is 2.38. The van der Waals surface area contributed by atoms with Crippen molar-refractivity contribution < 1.29 is 0 Å². The minimum Gasteiger partial charge on any atom is -0.0622 e. The molecule has 0 bridgehead atoms. The van der Waals surface area contributed by atoms with Crippen molar-refractivity contribution in [3.63, 3.8) is 0 Å². The van der Waals surface area contributed by atoms with E-state index in [2.05, 4.69) is 440 Å². The SMILES string of the molecule is CC1(C)c2ccccc2-c2cc(-c3c4ccccc4c(-c4c5ccccc5c(-c5ccccc5)c5ccccc45)c4ccc(-c5cccc6ccccc56)cc34)ccc21.CC1(C)c2ccccc2-c2cc(-c3c4ccccc4c(-c4ccc5cc(-c6ccc7ccccc7c6)ccc5c4)c4ccc(-c5cccc6ccccc56)cc34)ccc21. The van der Waals surface area contributed by atoms with Crippen LogP contribution in [0.1, 0.15) is 49.9 Å². The van der Waals surface area contributed by atoms with E-state index in [1.807, 2.05) is 0 Å². The molecule has 0 radical (unpaired) electrons. The van der Waals surface area contributed by atoms with E-state index in [9.17, 15) is 0 Å². The van der Waals surface area contributed by atoms with Gasteiger partial charge in [-0.2, -0.15) is 0 Å². The zero-order chi connectivity index (χ0) is 78.5. The summed E-state index contributed by atoms with van der Waals surface area (Å²) in [6.45, 7) is 9.46. The van der Waals surface area contributed by atoms with Crippen molar-refractivity contribution in [1.29, 1.82) is 0 Å². The summed E-state index contributed by atoms with van der Waals surface area (Å²) in [4.78, 5) is 0. The Morgan fingerprint density at radius 2 is 0.398 bits per heavy atom. The van der Waals surface area contributed by atoms with Crippen LogP contribution in [0.25, 0.3) is 219 Å². The van der Waals surface area contributed by atoms with Crippen LogP contribution in [0.15, 0.2) is 413 Å². The van der Waals surface area contributed by atoms with Gasteiger partial charge in [0, 0.05) is 10.8 Å². The van der Waals surface area contributed by atoms with Crippen molar-refractivity contribution in [1.82, 2.24) is 0 Å². The van der Waals surface area contributed by atoms with E-state index in [4.69, 9.17) is 0 Å². The summed E-state index contributed by atoms with van der Waals surface area (Å²) < 4.78 is 0. The van der Waals surface area contributed by atoms with Crippen molar-refractivity contribution >= 4 is 108 Å². The van der Waals surface area contributed by atoms with Crippen molar-refractivity contribution in [3.05, 3.63) is 435 Å². The maximum atomic E-state index is 2.48. The molecule has 118 heavy (non-hydrogen) atoms. The van der Waals surface area contributed by atoms with Gasteiger partial charge in [-0.1, -0.05) is 398 Å². The van der Waals surface area contributed by atoms with Crippen LogP contribution in [0.2, 0.25) is 0 Å². The zero-order valence-electron chi connectivity index (χ0n) is 66.3. The Morgan fingerprint density at radius 3 is 0.856 bits per heavy atom. The molecule has 24 rings (SSSR count). The molecule has 0 atom stereocenters. The molecule has 0 nitrogen and oxygen atoms in total. The molecule has 0 heteroatoms. The van der Waals surface area contributed by atoms with Crippen LogP contribution in [-0.4, -0.2) is 0 Å². The van der Waals surface area contributed by atoms with Crippen LogP contribution >= 0.6 is 0 Å². The van der Waals surface area contributed by atoms with Crippen LogP contribution in [0, 0.1) is 0 Å². The Morgan fingerprint density at radius 1 is 0.127 bits per heavy atom. The van der Waals surface area contributed by atoms with Gasteiger partial charge in [0.25, 0.3) is 0 Å². The van der Waals surface area contributed by atoms with E-state index in [-0.39, 0.29) is 10.8 Å². The van der Waals surface area contributed by atoms with Crippen molar-refractivity contribution in [2.75, 3.05) is 0 Å². The first kappa shape index (κ1) is 69.0. The molecule has 0 aliphatic heterocycles. The van der Waals surface area contributed by atoms with Gasteiger partial charge >= 0.3 is 0 Å². The second kappa shape index (κ2) is 27.0. The van der Waals surface area contributed by atoms with Crippen LogP contribution in [0.5, 0.6) is 0 Å². The highest BCUT2D eigenvalue weighted by Crippen LogP contribution is 2.56. The maximum absolute atomic E-state index is 2.48. The standard InChI is InChI=1S/2C59H40/c1-59(2)55-21-10-9-17-49(55)53-36-46(29-31-56(53)59)58-51-19-8-7-18-50(51)57(52-30-28-44(35-54(52)58)48-20-11-15-38-13-5-6-16-47(38)48)45-27-26-42-33-41(24-25-43(42)34-45)40-23-22-37-12-3-4-14-39(37)32-40;1-59(2)53-30-15-14-22-43(53)51-36-40(32-34-54(51)59)56-46-25-10-13-28-49(46)58(50-33-31-39(35-52(50)56)42-29-16-20-37-17-6-7-21-41(37)42)57-47-26-11-8-23-44(47)55(38-18-4-3-5-19-38)45-24-9-12-27-48(45)57/h2*3-36H,1-2H3. The van der Waals surface area contributed by atoms with E-state index in [0.29, 0.717) is 0 Å².